The minimum Gasteiger partial charge on any atom is -0.497 e. The van der Waals surface area contributed by atoms with Crippen LogP contribution >= 0.6 is 15.9 Å². The molecule has 34 heavy (non-hydrogen) atoms. The number of nitrogens with one attached hydrogen (secondary N) is 1. The van der Waals surface area contributed by atoms with Gasteiger partial charge in [0.15, 0.2) is 0 Å². The van der Waals surface area contributed by atoms with Crippen LogP contribution in [0.5, 0.6) is 17.2 Å². The Morgan fingerprint density at radius 1 is 0.971 bits per heavy atom. The molecule has 7 nitrogen and oxygen atoms in total. The van der Waals surface area contributed by atoms with Crippen LogP contribution in [-0.4, -0.2) is 29.0 Å². The minimum absolute atomic E-state index is 0.247. The molecule has 4 aromatic rings. The van der Waals surface area contributed by atoms with Crippen LogP contribution in [-0.2, 0) is 0 Å². The molecule has 0 unspecified atom stereocenters. The topological polar surface area (TPSA) is 70.4 Å². The van der Waals surface area contributed by atoms with E-state index in [1.165, 1.54) is 0 Å². The monoisotopic (exact) mass is 516 g/mol. The van der Waals surface area contributed by atoms with Gasteiger partial charge in [0.25, 0.3) is 0 Å². The van der Waals surface area contributed by atoms with Crippen molar-refractivity contribution < 1.29 is 14.2 Å². The fourth-order valence-electron chi connectivity index (χ4n) is 4.67. The highest BCUT2D eigenvalue weighted by Gasteiger charge is 2.41. The molecule has 2 atom stereocenters. The number of ether oxygens (including phenoxy) is 3. The Kier molecular flexibility index (Phi) is 5.03. The van der Waals surface area contributed by atoms with Gasteiger partial charge in [0, 0.05) is 11.1 Å². The van der Waals surface area contributed by atoms with Crippen LogP contribution in [0.1, 0.15) is 28.8 Å². The van der Waals surface area contributed by atoms with Gasteiger partial charge < -0.3 is 19.5 Å². The number of nitrogens with zero attached hydrogens (tertiary/aromatic N) is 3. The number of hydrogen-bond donors (Lipinski definition) is 1. The van der Waals surface area contributed by atoms with Crippen molar-refractivity contribution in [2.24, 2.45) is 0 Å². The summed E-state index contributed by atoms with van der Waals surface area (Å²) in [5.41, 5.74) is 5.03. The normalized spacial score (nSPS) is 18.2. The lowest BCUT2D eigenvalue weighted by molar-refractivity contribution is 0.223. The Morgan fingerprint density at radius 2 is 1.85 bits per heavy atom. The van der Waals surface area contributed by atoms with Crippen LogP contribution in [0.15, 0.2) is 83.1 Å². The molecule has 1 N–H and O–H groups in total. The zero-order valence-corrected chi connectivity index (χ0v) is 20.1. The number of aromatic nitrogens is 3. The van der Waals surface area contributed by atoms with Crippen molar-refractivity contribution in [3.05, 3.63) is 99.8 Å². The van der Waals surface area contributed by atoms with Crippen LogP contribution in [0.3, 0.4) is 0 Å². The largest absolute Gasteiger partial charge is 0.497 e. The van der Waals surface area contributed by atoms with Crippen LogP contribution in [0, 0.1) is 0 Å². The summed E-state index contributed by atoms with van der Waals surface area (Å²) >= 11 is 3.64. The van der Waals surface area contributed by atoms with Crippen molar-refractivity contribution >= 4 is 27.6 Å². The predicted molar refractivity (Wildman–Crippen MR) is 132 cm³/mol. The Balaban J connectivity index is 1.61. The Hall–Kier alpha value is -3.78. The SMILES string of the molecule is COc1cccc([C@H]2C3=C(Nc4ncnn42)c2ccccc2O[C@H]3c2ccc(OC)c(Br)c2)c1. The second kappa shape index (κ2) is 8.22. The lowest BCUT2D eigenvalue weighted by atomic mass is 9.84. The van der Waals surface area contributed by atoms with Crippen LogP contribution in [0.4, 0.5) is 5.95 Å². The fraction of sp³-hybridized carbons (Fsp3) is 0.154. The van der Waals surface area contributed by atoms with Crippen molar-refractivity contribution in [2.45, 2.75) is 12.1 Å². The summed E-state index contributed by atoms with van der Waals surface area (Å²) in [5.74, 6) is 3.03. The van der Waals surface area contributed by atoms with Crippen molar-refractivity contribution in [2.75, 3.05) is 19.5 Å². The van der Waals surface area contributed by atoms with E-state index in [1.807, 2.05) is 59.3 Å². The number of fused-ring (bicyclic) bond motifs is 3. The molecular formula is C26H21BrN4O3. The Morgan fingerprint density at radius 3 is 2.68 bits per heavy atom. The summed E-state index contributed by atoms with van der Waals surface area (Å²) in [6, 6.07) is 21.9. The van der Waals surface area contributed by atoms with Crippen LogP contribution < -0.4 is 19.5 Å². The van der Waals surface area contributed by atoms with E-state index in [9.17, 15) is 0 Å². The second-order valence-corrected chi connectivity index (χ2v) is 8.91. The Bertz CT molecular complexity index is 1430. The quantitative estimate of drug-likeness (QED) is 0.379. The summed E-state index contributed by atoms with van der Waals surface area (Å²) in [4.78, 5) is 4.48. The van der Waals surface area contributed by atoms with E-state index in [1.54, 1.807) is 20.5 Å². The molecule has 0 spiro atoms. The molecule has 2 aliphatic rings. The van der Waals surface area contributed by atoms with Gasteiger partial charge in [-0.3, -0.25) is 0 Å². The summed E-state index contributed by atoms with van der Waals surface area (Å²) in [6.45, 7) is 0. The maximum atomic E-state index is 6.66. The molecule has 6 rings (SSSR count). The first-order valence-electron chi connectivity index (χ1n) is 10.8. The summed E-state index contributed by atoms with van der Waals surface area (Å²) in [5, 5.41) is 8.10. The van der Waals surface area contributed by atoms with E-state index >= 15 is 0 Å². The summed E-state index contributed by atoms with van der Waals surface area (Å²) in [7, 11) is 3.33. The van der Waals surface area contributed by atoms with Gasteiger partial charge in [0.05, 0.1) is 24.4 Å². The Labute approximate surface area is 205 Å². The van der Waals surface area contributed by atoms with Gasteiger partial charge in [0.2, 0.25) is 5.95 Å². The highest BCUT2D eigenvalue weighted by Crippen LogP contribution is 2.51. The fourth-order valence-corrected chi connectivity index (χ4v) is 5.23. The number of hydrogen-bond acceptors (Lipinski definition) is 6. The van der Waals surface area contributed by atoms with Gasteiger partial charge in [0.1, 0.15) is 35.7 Å². The molecule has 0 aliphatic carbocycles. The second-order valence-electron chi connectivity index (χ2n) is 8.05. The standard InChI is InChI=1S/C26H21BrN4O3/c1-32-17-7-5-6-15(12-17)24-22-23(30-26-28-14-29-31(24)26)18-8-3-4-9-20(18)34-25(22)16-10-11-21(33-2)19(27)13-16/h3-14,24-25H,1-2H3,(H,28,29,30)/t24-,25-/m0/s1. The van der Waals surface area contributed by atoms with E-state index in [-0.39, 0.29) is 12.1 Å². The van der Waals surface area contributed by atoms with Gasteiger partial charge in [-0.2, -0.15) is 10.1 Å². The highest BCUT2D eigenvalue weighted by molar-refractivity contribution is 9.10. The molecule has 0 bridgehead atoms. The zero-order chi connectivity index (χ0) is 23.2. The highest BCUT2D eigenvalue weighted by atomic mass is 79.9. The first-order chi connectivity index (χ1) is 16.7. The van der Waals surface area contributed by atoms with E-state index < -0.39 is 0 Å². The molecular weight excluding hydrogens is 496 g/mol. The number of rotatable bonds is 4. The molecule has 0 amide bonds. The summed E-state index contributed by atoms with van der Waals surface area (Å²) < 4.78 is 20.4. The smallest absolute Gasteiger partial charge is 0.226 e. The molecule has 0 radical (unpaired) electrons. The third-order valence-corrected chi connectivity index (χ3v) is 6.83. The molecule has 170 valence electrons. The number of methoxy groups -OCH3 is 2. The average Bonchev–Trinajstić information content (AvgIpc) is 3.35. The predicted octanol–water partition coefficient (Wildman–Crippen LogP) is 5.62. The first kappa shape index (κ1) is 20.8. The van der Waals surface area contributed by atoms with Gasteiger partial charge in [-0.15, -0.1) is 0 Å². The molecule has 3 aromatic carbocycles. The van der Waals surface area contributed by atoms with Crippen molar-refractivity contribution in [1.82, 2.24) is 14.8 Å². The van der Waals surface area contributed by atoms with E-state index in [0.717, 1.165) is 49.7 Å². The molecule has 0 saturated carbocycles. The van der Waals surface area contributed by atoms with Gasteiger partial charge in [-0.1, -0.05) is 30.3 Å². The third-order valence-electron chi connectivity index (χ3n) is 6.21. The molecule has 2 aliphatic heterocycles. The van der Waals surface area contributed by atoms with Crippen LogP contribution in [0.25, 0.3) is 5.70 Å². The van der Waals surface area contributed by atoms with Crippen molar-refractivity contribution in [1.29, 1.82) is 0 Å². The van der Waals surface area contributed by atoms with Crippen LogP contribution in [0.2, 0.25) is 0 Å². The van der Waals surface area contributed by atoms with Gasteiger partial charge in [-0.25, -0.2) is 4.68 Å². The molecule has 3 heterocycles. The van der Waals surface area contributed by atoms with E-state index in [4.69, 9.17) is 14.2 Å². The third kappa shape index (κ3) is 3.25. The first-order valence-corrected chi connectivity index (χ1v) is 11.6. The lowest BCUT2D eigenvalue weighted by Gasteiger charge is -2.39. The molecule has 0 fully saturated rings. The lowest BCUT2D eigenvalue weighted by Crippen LogP contribution is -2.32. The zero-order valence-electron chi connectivity index (χ0n) is 18.5. The maximum absolute atomic E-state index is 6.66. The average molecular weight is 517 g/mol. The minimum atomic E-state index is -0.367. The van der Waals surface area contributed by atoms with Crippen molar-refractivity contribution in [3.63, 3.8) is 0 Å². The van der Waals surface area contributed by atoms with E-state index in [2.05, 4.69) is 43.5 Å². The van der Waals surface area contributed by atoms with Gasteiger partial charge in [-0.05, 0) is 63.5 Å². The number of para-hydroxylation sites is 1. The number of halogens is 1. The molecule has 0 saturated heterocycles. The van der Waals surface area contributed by atoms with Gasteiger partial charge >= 0.3 is 0 Å². The summed E-state index contributed by atoms with van der Waals surface area (Å²) in [6.07, 6.45) is 1.20. The maximum Gasteiger partial charge on any atom is 0.226 e. The molecule has 1 aromatic heterocycles. The van der Waals surface area contributed by atoms with Crippen molar-refractivity contribution in [3.8, 4) is 17.2 Å². The number of anilines is 1. The van der Waals surface area contributed by atoms with E-state index in [0.29, 0.717) is 5.95 Å². The molecule has 8 heteroatoms. The number of benzene rings is 3.